The number of unbranched alkanes of at least 4 members (excludes halogenated alkanes) is 14. The molecule has 0 N–H and O–H groups in total. The number of rotatable bonds is 21. The van der Waals surface area contributed by atoms with Gasteiger partial charge in [0, 0.05) is 19.2 Å². The van der Waals surface area contributed by atoms with Crippen molar-refractivity contribution in [3.63, 3.8) is 0 Å². The molecule has 32 heavy (non-hydrogen) atoms. The maximum atomic E-state index is 12.5. The van der Waals surface area contributed by atoms with Gasteiger partial charge in [-0.1, -0.05) is 96.8 Å². The van der Waals surface area contributed by atoms with Crippen molar-refractivity contribution in [3.05, 3.63) is 23.5 Å². The van der Waals surface area contributed by atoms with E-state index in [-0.39, 0.29) is 11.8 Å². The molecular weight excluding hydrogens is 398 g/mol. The van der Waals surface area contributed by atoms with Crippen molar-refractivity contribution in [1.29, 1.82) is 0 Å². The number of carbonyl (C=O) groups is 2. The van der Waals surface area contributed by atoms with E-state index in [1.54, 1.807) is 0 Å². The first-order chi connectivity index (χ1) is 15.6. The van der Waals surface area contributed by atoms with Crippen LogP contribution < -0.4 is 0 Å². The minimum absolute atomic E-state index is 0.181. The molecule has 0 saturated heterocycles. The van der Waals surface area contributed by atoms with Crippen LogP contribution in [0.3, 0.4) is 0 Å². The zero-order valence-corrected chi connectivity index (χ0v) is 21.3. The monoisotopic (exact) mass is 447 g/mol. The zero-order chi connectivity index (χ0) is 23.4. The average molecular weight is 448 g/mol. The Balaban J connectivity index is 2.01. The van der Waals surface area contributed by atoms with Gasteiger partial charge >= 0.3 is 5.97 Å². The van der Waals surface area contributed by atoms with Crippen LogP contribution >= 0.6 is 0 Å². The molecule has 0 unspecified atom stereocenters. The highest BCUT2D eigenvalue weighted by Crippen LogP contribution is 2.16. The van der Waals surface area contributed by atoms with Crippen LogP contribution in [0.2, 0.25) is 0 Å². The number of hydrogen-bond donors (Lipinski definition) is 0. The van der Waals surface area contributed by atoms with E-state index in [1.807, 2.05) is 30.7 Å². The van der Waals surface area contributed by atoms with Crippen LogP contribution in [-0.2, 0) is 23.0 Å². The van der Waals surface area contributed by atoms with Gasteiger partial charge in [-0.15, -0.1) is 0 Å². The first kappa shape index (κ1) is 28.5. The molecule has 0 spiro atoms. The van der Waals surface area contributed by atoms with Gasteiger partial charge in [-0.05, 0) is 31.9 Å². The highest BCUT2D eigenvalue weighted by molar-refractivity contribution is 5.94. The fraction of sp³-hybridized carbons (Fsp3) is 0.786. The lowest BCUT2D eigenvalue weighted by Crippen LogP contribution is -2.10. The van der Waals surface area contributed by atoms with Crippen molar-refractivity contribution in [2.45, 2.75) is 129 Å². The van der Waals surface area contributed by atoms with Crippen LogP contribution in [0.4, 0.5) is 0 Å². The fourth-order valence-electron chi connectivity index (χ4n) is 4.33. The standard InChI is InChI=1S/C28H49NO3/c1-4-6-7-8-9-10-11-12-13-14-15-16-17-18-19-20-27(30)26-23-21-25(29(26)3)22-24-28(31)32-5-2/h21,23H,4-20,22,24H2,1-3H3. The Kier molecular flexibility index (Phi) is 16.8. The van der Waals surface area contributed by atoms with E-state index in [1.165, 1.54) is 83.5 Å². The van der Waals surface area contributed by atoms with Crippen molar-refractivity contribution in [2.24, 2.45) is 7.05 Å². The lowest BCUT2D eigenvalue weighted by atomic mass is 10.0. The van der Waals surface area contributed by atoms with Gasteiger partial charge in [0.2, 0.25) is 0 Å². The van der Waals surface area contributed by atoms with Crippen molar-refractivity contribution in [2.75, 3.05) is 6.61 Å². The summed E-state index contributed by atoms with van der Waals surface area (Å²) < 4.78 is 6.92. The second-order valence-corrected chi connectivity index (χ2v) is 9.20. The number of nitrogens with zero attached hydrogens (tertiary/aromatic N) is 1. The largest absolute Gasteiger partial charge is 0.466 e. The second kappa shape index (κ2) is 18.9. The molecule has 0 saturated carbocycles. The van der Waals surface area contributed by atoms with E-state index in [9.17, 15) is 9.59 Å². The van der Waals surface area contributed by atoms with E-state index in [2.05, 4.69) is 6.92 Å². The quantitative estimate of drug-likeness (QED) is 0.109. The van der Waals surface area contributed by atoms with E-state index < -0.39 is 0 Å². The fourth-order valence-corrected chi connectivity index (χ4v) is 4.33. The molecule has 0 bridgehead atoms. The van der Waals surface area contributed by atoms with Crippen LogP contribution in [0.1, 0.15) is 139 Å². The predicted octanol–water partition coefficient (Wildman–Crippen LogP) is 7.97. The van der Waals surface area contributed by atoms with Gasteiger partial charge in [-0.2, -0.15) is 0 Å². The van der Waals surface area contributed by atoms with Crippen molar-refractivity contribution in [3.8, 4) is 0 Å². The summed E-state index contributed by atoms with van der Waals surface area (Å²) in [6, 6.07) is 3.85. The molecule has 0 radical (unpaired) electrons. The molecule has 0 aliphatic carbocycles. The predicted molar refractivity (Wildman–Crippen MR) is 134 cm³/mol. The SMILES string of the molecule is CCCCCCCCCCCCCCCCCC(=O)c1ccc(CCC(=O)OCC)n1C. The topological polar surface area (TPSA) is 48.3 Å². The minimum atomic E-state index is -0.181. The Morgan fingerprint density at radius 3 is 1.72 bits per heavy atom. The van der Waals surface area contributed by atoms with E-state index in [0.717, 1.165) is 24.2 Å². The molecule has 0 aliphatic heterocycles. The Bertz CT molecular complexity index is 620. The number of aromatic nitrogens is 1. The molecule has 1 aromatic rings. The summed E-state index contributed by atoms with van der Waals surface area (Å²) >= 11 is 0. The summed E-state index contributed by atoms with van der Waals surface area (Å²) in [6.07, 6.45) is 21.6. The van der Waals surface area contributed by atoms with Crippen molar-refractivity contribution in [1.82, 2.24) is 4.57 Å². The summed E-state index contributed by atoms with van der Waals surface area (Å²) in [5.41, 5.74) is 1.77. The van der Waals surface area contributed by atoms with Gasteiger partial charge in [0.1, 0.15) is 0 Å². The lowest BCUT2D eigenvalue weighted by Gasteiger charge is -2.07. The Morgan fingerprint density at radius 1 is 0.719 bits per heavy atom. The third-order valence-electron chi connectivity index (χ3n) is 6.41. The maximum Gasteiger partial charge on any atom is 0.306 e. The normalized spacial score (nSPS) is 11.1. The first-order valence-electron chi connectivity index (χ1n) is 13.4. The number of Topliss-reactive ketones (excluding diaryl/α,β-unsaturated/α-hetero) is 1. The lowest BCUT2D eigenvalue weighted by molar-refractivity contribution is -0.143. The van der Waals surface area contributed by atoms with Crippen LogP contribution in [0, 0.1) is 0 Å². The molecule has 0 atom stereocenters. The average Bonchev–Trinajstić information content (AvgIpc) is 3.15. The summed E-state index contributed by atoms with van der Waals surface area (Å²) in [7, 11) is 1.92. The van der Waals surface area contributed by atoms with E-state index in [0.29, 0.717) is 25.9 Å². The molecule has 0 amide bonds. The molecule has 0 aliphatic rings. The van der Waals surface area contributed by atoms with E-state index >= 15 is 0 Å². The zero-order valence-electron chi connectivity index (χ0n) is 21.3. The van der Waals surface area contributed by atoms with Gasteiger partial charge in [-0.3, -0.25) is 9.59 Å². The number of carbonyl (C=O) groups excluding carboxylic acids is 2. The number of hydrogen-bond acceptors (Lipinski definition) is 3. The third kappa shape index (κ3) is 13.1. The van der Waals surface area contributed by atoms with Crippen LogP contribution in [-0.4, -0.2) is 22.9 Å². The molecule has 1 heterocycles. The van der Waals surface area contributed by atoms with Crippen molar-refractivity contribution < 1.29 is 14.3 Å². The third-order valence-corrected chi connectivity index (χ3v) is 6.41. The van der Waals surface area contributed by atoms with Gasteiger partial charge in [0.15, 0.2) is 5.78 Å². The molecule has 0 aromatic carbocycles. The van der Waals surface area contributed by atoms with Crippen LogP contribution in [0.5, 0.6) is 0 Å². The molecule has 1 rings (SSSR count). The maximum absolute atomic E-state index is 12.5. The minimum Gasteiger partial charge on any atom is -0.466 e. The Hall–Kier alpha value is -1.58. The second-order valence-electron chi connectivity index (χ2n) is 9.20. The summed E-state index contributed by atoms with van der Waals surface area (Å²) in [6.45, 7) is 4.50. The summed E-state index contributed by atoms with van der Waals surface area (Å²) in [5.74, 6) is 0.0314. The van der Waals surface area contributed by atoms with Crippen LogP contribution in [0.25, 0.3) is 0 Å². The summed E-state index contributed by atoms with van der Waals surface area (Å²) in [5, 5.41) is 0. The van der Waals surface area contributed by atoms with Gasteiger partial charge in [0.05, 0.1) is 18.7 Å². The Labute approximate surface area is 197 Å². The molecular formula is C28H49NO3. The van der Waals surface area contributed by atoms with Gasteiger partial charge in [0.25, 0.3) is 0 Å². The van der Waals surface area contributed by atoms with Crippen LogP contribution in [0.15, 0.2) is 12.1 Å². The van der Waals surface area contributed by atoms with E-state index in [4.69, 9.17) is 4.74 Å². The van der Waals surface area contributed by atoms with Crippen molar-refractivity contribution >= 4 is 11.8 Å². The molecule has 184 valence electrons. The highest BCUT2D eigenvalue weighted by Gasteiger charge is 2.13. The molecule has 0 fully saturated rings. The molecule has 4 heteroatoms. The van der Waals surface area contributed by atoms with Gasteiger partial charge in [-0.25, -0.2) is 0 Å². The number of ether oxygens (including phenoxy) is 1. The number of esters is 1. The first-order valence-corrected chi connectivity index (χ1v) is 13.4. The smallest absolute Gasteiger partial charge is 0.306 e. The van der Waals surface area contributed by atoms with Gasteiger partial charge < -0.3 is 9.30 Å². The number of ketones is 1. The molecule has 1 aromatic heterocycles. The molecule has 4 nitrogen and oxygen atoms in total. The Morgan fingerprint density at radius 2 is 1.22 bits per heavy atom. The highest BCUT2D eigenvalue weighted by atomic mass is 16.5. The number of aryl methyl sites for hydroxylation is 1. The summed E-state index contributed by atoms with van der Waals surface area (Å²) in [4.78, 5) is 24.1.